The molecular weight excluding hydrogens is 485 g/mol. The molecule has 0 spiro atoms. The molecule has 2 aromatic carbocycles. The number of carbonyl (C=O) groups is 1. The fourth-order valence-corrected chi connectivity index (χ4v) is 5.84. The van der Waals surface area contributed by atoms with Gasteiger partial charge in [0.25, 0.3) is 0 Å². The van der Waals surface area contributed by atoms with Crippen molar-refractivity contribution in [3.63, 3.8) is 0 Å². The first kappa shape index (κ1) is 24.3. The minimum Gasteiger partial charge on any atom is -0.465 e. The van der Waals surface area contributed by atoms with Crippen molar-refractivity contribution in [1.82, 2.24) is 14.7 Å². The van der Waals surface area contributed by atoms with Crippen LogP contribution in [-0.4, -0.2) is 41.0 Å². The summed E-state index contributed by atoms with van der Waals surface area (Å²) in [5.41, 5.74) is 6.01. The molecule has 5 aromatic rings. The maximum atomic E-state index is 15.5. The minimum absolute atomic E-state index is 0.115. The number of esters is 1. The maximum Gasteiger partial charge on any atom is 0.339 e. The number of carbonyl (C=O) groups excluding carboxylic acids is 1. The Hall–Kier alpha value is -4.04. The zero-order chi connectivity index (χ0) is 26.4. The van der Waals surface area contributed by atoms with Crippen molar-refractivity contribution >= 4 is 27.9 Å². The van der Waals surface area contributed by atoms with Crippen LogP contribution in [0.25, 0.3) is 33.1 Å². The van der Waals surface area contributed by atoms with Gasteiger partial charge < -0.3 is 18.6 Å². The molecule has 0 radical (unpaired) electrons. The molecular formula is C30H28FN3O4. The molecule has 0 aliphatic carbocycles. The Morgan fingerprint density at radius 3 is 2.61 bits per heavy atom. The highest BCUT2D eigenvalue weighted by molar-refractivity contribution is 6.08. The molecule has 194 valence electrons. The summed E-state index contributed by atoms with van der Waals surface area (Å²) in [7, 11) is 1.35. The van der Waals surface area contributed by atoms with Gasteiger partial charge in [0.2, 0.25) is 0 Å². The zero-order valence-electron chi connectivity index (χ0n) is 21.5. The molecule has 1 aliphatic rings. The van der Waals surface area contributed by atoms with E-state index in [1.54, 1.807) is 12.1 Å². The van der Waals surface area contributed by atoms with Crippen molar-refractivity contribution in [2.24, 2.45) is 5.92 Å². The third kappa shape index (κ3) is 3.96. The first-order valence-electron chi connectivity index (χ1n) is 12.8. The lowest BCUT2D eigenvalue weighted by Crippen LogP contribution is -2.27. The zero-order valence-corrected chi connectivity index (χ0v) is 21.5. The minimum atomic E-state index is -0.471. The fraction of sp³-hybridized carbons (Fsp3) is 0.300. The molecule has 4 heterocycles. The Morgan fingerprint density at radius 1 is 1.11 bits per heavy atom. The number of nitrogens with zero attached hydrogens (tertiary/aromatic N) is 3. The highest BCUT2D eigenvalue weighted by Gasteiger charge is 2.32. The van der Waals surface area contributed by atoms with Crippen LogP contribution in [0.5, 0.6) is 0 Å². The number of fused-ring (bicyclic) bond motifs is 3. The monoisotopic (exact) mass is 513 g/mol. The summed E-state index contributed by atoms with van der Waals surface area (Å²) in [5.74, 6) is 0.105. The highest BCUT2D eigenvalue weighted by atomic mass is 19.1. The van der Waals surface area contributed by atoms with Crippen molar-refractivity contribution in [2.75, 3.05) is 20.3 Å². The second-order valence-corrected chi connectivity index (χ2v) is 9.80. The third-order valence-electron chi connectivity index (χ3n) is 7.60. The van der Waals surface area contributed by atoms with Gasteiger partial charge in [-0.05, 0) is 56.4 Å². The van der Waals surface area contributed by atoms with Crippen LogP contribution in [0, 0.1) is 25.6 Å². The Kier molecular flexibility index (Phi) is 6.19. The number of methoxy groups -OCH3 is 1. The van der Waals surface area contributed by atoms with Crippen molar-refractivity contribution in [3.8, 4) is 11.1 Å². The summed E-state index contributed by atoms with van der Waals surface area (Å²) in [6.07, 6.45) is 3.11. The standard InChI is InChI=1S/C30H28FN3O4/c1-17-27(18(2)38-33-17)20-8-9-23-25(14-20)34(26-15-21(30(35)36-3)16-32-28(23)26)29(19-10-12-37-13-11-19)22-6-4-5-7-24(22)31/h4-9,14-16,19,29H,10-13H2,1-3H3. The highest BCUT2D eigenvalue weighted by Crippen LogP contribution is 2.42. The summed E-state index contributed by atoms with van der Waals surface area (Å²) in [6.45, 7) is 5.04. The molecule has 0 amide bonds. The molecule has 6 rings (SSSR count). The van der Waals surface area contributed by atoms with Gasteiger partial charge in [0.05, 0.1) is 41.0 Å². The molecule has 1 fully saturated rings. The van der Waals surface area contributed by atoms with Crippen molar-refractivity contribution in [1.29, 1.82) is 0 Å². The van der Waals surface area contributed by atoms with Gasteiger partial charge in [0.1, 0.15) is 11.6 Å². The van der Waals surface area contributed by atoms with Crippen LogP contribution in [0.2, 0.25) is 0 Å². The topological polar surface area (TPSA) is 79.4 Å². The van der Waals surface area contributed by atoms with Crippen molar-refractivity contribution in [2.45, 2.75) is 32.7 Å². The molecule has 1 saturated heterocycles. The van der Waals surface area contributed by atoms with E-state index >= 15 is 4.39 Å². The summed E-state index contributed by atoms with van der Waals surface area (Å²) in [4.78, 5) is 17.2. The fourth-order valence-electron chi connectivity index (χ4n) is 5.84. The van der Waals surface area contributed by atoms with E-state index in [0.29, 0.717) is 24.3 Å². The molecule has 1 unspecified atom stereocenters. The Bertz CT molecular complexity index is 1650. The smallest absolute Gasteiger partial charge is 0.339 e. The number of pyridine rings is 1. The van der Waals surface area contributed by atoms with E-state index in [1.807, 2.05) is 38.1 Å². The van der Waals surface area contributed by atoms with Crippen LogP contribution < -0.4 is 0 Å². The Morgan fingerprint density at radius 2 is 1.89 bits per heavy atom. The molecule has 0 bridgehead atoms. The van der Waals surface area contributed by atoms with E-state index in [-0.39, 0.29) is 17.8 Å². The summed E-state index contributed by atoms with van der Waals surface area (Å²) in [5, 5.41) is 5.05. The van der Waals surface area contributed by atoms with Gasteiger partial charge >= 0.3 is 5.97 Å². The molecule has 8 heteroatoms. The van der Waals surface area contributed by atoms with Crippen LogP contribution in [-0.2, 0) is 9.47 Å². The first-order valence-corrected chi connectivity index (χ1v) is 12.8. The van der Waals surface area contributed by atoms with Gasteiger partial charge in [-0.2, -0.15) is 0 Å². The second kappa shape index (κ2) is 9.68. The number of benzene rings is 2. The van der Waals surface area contributed by atoms with Gasteiger partial charge in [-0.25, -0.2) is 9.18 Å². The van der Waals surface area contributed by atoms with Crippen LogP contribution in [0.1, 0.15) is 46.3 Å². The summed E-state index contributed by atoms with van der Waals surface area (Å²) < 4.78 is 33.8. The van der Waals surface area contributed by atoms with E-state index in [0.717, 1.165) is 57.4 Å². The number of hydrogen-bond donors (Lipinski definition) is 0. The number of rotatable bonds is 5. The van der Waals surface area contributed by atoms with Gasteiger partial charge in [0, 0.05) is 35.9 Å². The number of aryl methyl sites for hydroxylation is 2. The number of hydrogen-bond acceptors (Lipinski definition) is 6. The van der Waals surface area contributed by atoms with Crippen LogP contribution in [0.4, 0.5) is 4.39 Å². The lowest BCUT2D eigenvalue weighted by molar-refractivity contribution is 0.0548. The average Bonchev–Trinajstić information content (AvgIpc) is 3.45. The Balaban J connectivity index is 1.70. The summed E-state index contributed by atoms with van der Waals surface area (Å²) in [6, 6.07) is 14.5. The van der Waals surface area contributed by atoms with E-state index in [9.17, 15) is 4.79 Å². The van der Waals surface area contributed by atoms with Crippen molar-refractivity contribution < 1.29 is 23.2 Å². The molecule has 38 heavy (non-hydrogen) atoms. The van der Waals surface area contributed by atoms with Crippen LogP contribution in [0.3, 0.4) is 0 Å². The lowest BCUT2D eigenvalue weighted by Gasteiger charge is -2.33. The second-order valence-electron chi connectivity index (χ2n) is 9.80. The van der Waals surface area contributed by atoms with Gasteiger partial charge in [-0.3, -0.25) is 4.98 Å². The predicted molar refractivity (Wildman–Crippen MR) is 142 cm³/mol. The van der Waals surface area contributed by atoms with Gasteiger partial charge in [-0.15, -0.1) is 0 Å². The Labute approximate surface area is 219 Å². The van der Waals surface area contributed by atoms with Crippen molar-refractivity contribution in [3.05, 3.63) is 83.1 Å². The molecule has 0 N–H and O–H groups in total. The van der Waals surface area contributed by atoms with Crippen LogP contribution in [0.15, 0.2) is 59.3 Å². The normalized spacial score (nSPS) is 15.3. The molecule has 3 aromatic heterocycles. The number of aromatic nitrogens is 3. The third-order valence-corrected chi connectivity index (χ3v) is 7.60. The van der Waals surface area contributed by atoms with E-state index < -0.39 is 5.97 Å². The van der Waals surface area contributed by atoms with Crippen LogP contribution >= 0.6 is 0 Å². The molecule has 7 nitrogen and oxygen atoms in total. The molecule has 0 saturated carbocycles. The SMILES string of the molecule is COC(=O)c1cnc2c3ccc(-c4c(C)noc4C)cc3n(C(c3ccccc3F)C3CCOCC3)c2c1. The maximum absolute atomic E-state index is 15.5. The van der Waals surface area contributed by atoms with Gasteiger partial charge in [-0.1, -0.05) is 35.5 Å². The first-order chi connectivity index (χ1) is 18.5. The van der Waals surface area contributed by atoms with E-state index in [1.165, 1.54) is 19.4 Å². The van der Waals surface area contributed by atoms with E-state index in [4.69, 9.17) is 19.0 Å². The number of halogens is 1. The largest absolute Gasteiger partial charge is 0.465 e. The summed E-state index contributed by atoms with van der Waals surface area (Å²) >= 11 is 0. The van der Waals surface area contributed by atoms with E-state index in [2.05, 4.69) is 15.8 Å². The molecule has 1 atom stereocenters. The molecule has 1 aliphatic heterocycles. The van der Waals surface area contributed by atoms with Gasteiger partial charge in [0.15, 0.2) is 0 Å². The lowest BCUT2D eigenvalue weighted by atomic mass is 9.86. The predicted octanol–water partition coefficient (Wildman–Crippen LogP) is 6.40. The number of ether oxygens (including phenoxy) is 2. The quantitative estimate of drug-likeness (QED) is 0.253. The average molecular weight is 514 g/mol.